The molecule has 100 valence electrons. The van der Waals surface area contributed by atoms with Crippen molar-refractivity contribution in [2.45, 2.75) is 27.2 Å². The maximum atomic E-state index is 11.6. The first-order chi connectivity index (χ1) is 8.67. The number of hydrogen-bond acceptors (Lipinski definition) is 3. The van der Waals surface area contributed by atoms with Crippen molar-refractivity contribution in [2.75, 3.05) is 6.54 Å². The van der Waals surface area contributed by atoms with Crippen LogP contribution in [0.1, 0.15) is 36.7 Å². The van der Waals surface area contributed by atoms with E-state index in [2.05, 4.69) is 5.32 Å². The van der Waals surface area contributed by atoms with Crippen molar-refractivity contribution in [1.29, 1.82) is 0 Å². The van der Waals surface area contributed by atoms with E-state index in [1.54, 1.807) is 12.1 Å². The van der Waals surface area contributed by atoms with Crippen molar-refractivity contribution in [3.8, 4) is 0 Å². The van der Waals surface area contributed by atoms with E-state index in [4.69, 9.17) is 5.84 Å². The number of aryl methyl sites for hydroxylation is 1. The number of carbonyl (C=O) groups excluding carboxylic acids is 2. The van der Waals surface area contributed by atoms with Crippen LogP contribution in [0, 0.1) is 0 Å². The molecule has 0 saturated carbocycles. The summed E-state index contributed by atoms with van der Waals surface area (Å²) in [6.45, 7) is 5.89. The van der Waals surface area contributed by atoms with Gasteiger partial charge in [0.15, 0.2) is 0 Å². The average Bonchev–Trinajstić information content (AvgIpc) is 2.46. The minimum atomic E-state index is -0.431. The highest BCUT2D eigenvalue weighted by atomic mass is 16.2. The molecule has 2 amide bonds. The molecule has 5 heteroatoms. The molecule has 1 aromatic rings. The van der Waals surface area contributed by atoms with Gasteiger partial charge in [0.25, 0.3) is 11.8 Å². The molecule has 1 aromatic carbocycles. The number of benzene rings is 1. The van der Waals surface area contributed by atoms with E-state index in [9.17, 15) is 9.59 Å². The molecule has 0 unspecified atom stereocenters. The van der Waals surface area contributed by atoms with Crippen LogP contribution < -0.4 is 16.6 Å². The topological polar surface area (TPSA) is 84.2 Å². The first kappa shape index (κ1) is 16.1. The monoisotopic (exact) mass is 251 g/mol. The largest absolute Gasteiger partial charge is 0.343 e. The second-order valence-corrected chi connectivity index (χ2v) is 3.30. The molecule has 0 bridgehead atoms. The van der Waals surface area contributed by atoms with E-state index < -0.39 is 5.91 Å². The summed E-state index contributed by atoms with van der Waals surface area (Å²) in [6, 6.07) is 7.27. The normalized spacial score (nSPS) is 8.89. The predicted molar refractivity (Wildman–Crippen MR) is 71.8 cm³/mol. The SMILES string of the molecule is CC.CCc1cccc(C(=O)NCC(=O)NN)c1. The quantitative estimate of drug-likeness (QED) is 0.424. The summed E-state index contributed by atoms with van der Waals surface area (Å²) in [6.07, 6.45) is 0.865. The van der Waals surface area contributed by atoms with Crippen molar-refractivity contribution in [1.82, 2.24) is 10.7 Å². The van der Waals surface area contributed by atoms with Gasteiger partial charge in [-0.25, -0.2) is 5.84 Å². The molecule has 0 radical (unpaired) electrons. The fourth-order valence-corrected chi connectivity index (χ4v) is 1.25. The number of hydrazine groups is 1. The lowest BCUT2D eigenvalue weighted by Gasteiger charge is -2.05. The molecule has 0 spiro atoms. The molecule has 0 heterocycles. The number of nitrogens with two attached hydrogens (primary N) is 1. The Morgan fingerprint density at radius 2 is 1.94 bits per heavy atom. The summed E-state index contributed by atoms with van der Waals surface area (Å²) in [5, 5.41) is 2.47. The molecule has 0 fully saturated rings. The molecular weight excluding hydrogens is 230 g/mol. The Balaban J connectivity index is 0.00000137. The number of amides is 2. The van der Waals surface area contributed by atoms with Crippen molar-refractivity contribution in [3.63, 3.8) is 0 Å². The smallest absolute Gasteiger partial charge is 0.253 e. The lowest BCUT2D eigenvalue weighted by atomic mass is 10.1. The van der Waals surface area contributed by atoms with Gasteiger partial charge in [0.05, 0.1) is 6.54 Å². The van der Waals surface area contributed by atoms with Crippen LogP contribution in [0.25, 0.3) is 0 Å². The summed E-state index contributed by atoms with van der Waals surface area (Å²) in [4.78, 5) is 22.4. The predicted octanol–water partition coefficient (Wildman–Crippen LogP) is 0.995. The van der Waals surface area contributed by atoms with Gasteiger partial charge in [-0.1, -0.05) is 32.9 Å². The van der Waals surface area contributed by atoms with Crippen LogP contribution in [-0.2, 0) is 11.2 Å². The van der Waals surface area contributed by atoms with Crippen LogP contribution in [0.2, 0.25) is 0 Å². The average molecular weight is 251 g/mol. The van der Waals surface area contributed by atoms with Gasteiger partial charge in [0.1, 0.15) is 0 Å². The summed E-state index contributed by atoms with van der Waals surface area (Å²) >= 11 is 0. The van der Waals surface area contributed by atoms with Crippen molar-refractivity contribution >= 4 is 11.8 Å². The van der Waals surface area contributed by atoms with Gasteiger partial charge < -0.3 is 5.32 Å². The number of nitrogens with one attached hydrogen (secondary N) is 2. The van der Waals surface area contributed by atoms with Crippen LogP contribution in [-0.4, -0.2) is 18.4 Å². The van der Waals surface area contributed by atoms with Crippen LogP contribution in [0.15, 0.2) is 24.3 Å². The summed E-state index contributed by atoms with van der Waals surface area (Å²) in [7, 11) is 0. The van der Waals surface area contributed by atoms with Crippen molar-refractivity contribution < 1.29 is 9.59 Å². The number of rotatable bonds is 4. The molecular formula is C13H21N3O2. The zero-order valence-corrected chi connectivity index (χ0v) is 11.1. The fraction of sp³-hybridized carbons (Fsp3) is 0.385. The van der Waals surface area contributed by atoms with E-state index in [0.29, 0.717) is 5.56 Å². The first-order valence-electron chi connectivity index (χ1n) is 6.04. The lowest BCUT2D eigenvalue weighted by molar-refractivity contribution is -0.120. The van der Waals surface area contributed by atoms with Crippen LogP contribution in [0.5, 0.6) is 0 Å². The van der Waals surface area contributed by atoms with Gasteiger partial charge in [0.2, 0.25) is 0 Å². The summed E-state index contributed by atoms with van der Waals surface area (Å²) in [5.74, 6) is 4.18. The molecule has 18 heavy (non-hydrogen) atoms. The van der Waals surface area contributed by atoms with Crippen LogP contribution in [0.3, 0.4) is 0 Å². The zero-order valence-electron chi connectivity index (χ0n) is 11.1. The minimum Gasteiger partial charge on any atom is -0.343 e. The summed E-state index contributed by atoms with van der Waals surface area (Å²) < 4.78 is 0. The number of hydrogen-bond donors (Lipinski definition) is 3. The second kappa shape index (κ2) is 9.18. The Morgan fingerprint density at radius 1 is 1.28 bits per heavy atom. The van der Waals surface area contributed by atoms with Crippen molar-refractivity contribution in [2.24, 2.45) is 5.84 Å². The highest BCUT2D eigenvalue weighted by Gasteiger charge is 2.07. The Bertz CT molecular complexity index is 392. The van der Waals surface area contributed by atoms with E-state index in [1.165, 1.54) is 0 Å². The molecule has 0 aliphatic heterocycles. The van der Waals surface area contributed by atoms with Crippen LogP contribution in [0.4, 0.5) is 0 Å². The molecule has 0 saturated heterocycles. The van der Waals surface area contributed by atoms with E-state index in [-0.39, 0.29) is 12.5 Å². The third kappa shape index (κ3) is 5.45. The van der Waals surface area contributed by atoms with Gasteiger partial charge in [-0.15, -0.1) is 0 Å². The maximum Gasteiger partial charge on any atom is 0.253 e. The van der Waals surface area contributed by atoms with E-state index >= 15 is 0 Å². The lowest BCUT2D eigenvalue weighted by Crippen LogP contribution is -2.40. The Labute approximate surface area is 108 Å². The molecule has 0 aromatic heterocycles. The van der Waals surface area contributed by atoms with Crippen LogP contribution >= 0.6 is 0 Å². The first-order valence-corrected chi connectivity index (χ1v) is 6.04. The van der Waals surface area contributed by atoms with Gasteiger partial charge in [-0.05, 0) is 24.1 Å². The minimum absolute atomic E-state index is 0.119. The molecule has 0 atom stereocenters. The zero-order chi connectivity index (χ0) is 14.0. The standard InChI is InChI=1S/C11H15N3O2.C2H6/c1-2-8-4-3-5-9(6-8)11(16)13-7-10(15)14-12;1-2/h3-6H,2,7,12H2,1H3,(H,13,16)(H,14,15);1-2H3. The molecule has 0 aliphatic carbocycles. The Morgan fingerprint density at radius 3 is 2.50 bits per heavy atom. The van der Waals surface area contributed by atoms with Gasteiger partial charge in [0, 0.05) is 5.56 Å². The summed E-state index contributed by atoms with van der Waals surface area (Å²) in [5.41, 5.74) is 3.57. The van der Waals surface area contributed by atoms with Crippen molar-refractivity contribution in [3.05, 3.63) is 35.4 Å². The Hall–Kier alpha value is -1.88. The molecule has 5 nitrogen and oxygen atoms in total. The van der Waals surface area contributed by atoms with Gasteiger partial charge >= 0.3 is 0 Å². The number of carbonyl (C=O) groups is 2. The highest BCUT2D eigenvalue weighted by Crippen LogP contribution is 2.05. The third-order valence-electron chi connectivity index (χ3n) is 2.17. The molecule has 1 rings (SSSR count). The van der Waals surface area contributed by atoms with E-state index in [0.717, 1.165) is 12.0 Å². The highest BCUT2D eigenvalue weighted by molar-refractivity contribution is 5.96. The van der Waals surface area contributed by atoms with E-state index in [1.807, 2.05) is 38.3 Å². The molecule has 0 aliphatic rings. The Kier molecular flexibility index (Phi) is 8.22. The maximum absolute atomic E-state index is 11.6. The fourth-order valence-electron chi connectivity index (χ4n) is 1.25. The van der Waals surface area contributed by atoms with Gasteiger partial charge in [-0.2, -0.15) is 0 Å². The third-order valence-corrected chi connectivity index (χ3v) is 2.17. The van der Waals surface area contributed by atoms with Gasteiger partial charge in [-0.3, -0.25) is 15.0 Å². The molecule has 4 N–H and O–H groups in total. The second-order valence-electron chi connectivity index (χ2n) is 3.30.